The predicted octanol–water partition coefficient (Wildman–Crippen LogP) is 5.32. The van der Waals surface area contributed by atoms with Crippen LogP contribution in [0.2, 0.25) is 0 Å². The summed E-state index contributed by atoms with van der Waals surface area (Å²) in [6, 6.07) is 12.5. The molecule has 2 aromatic carbocycles. The van der Waals surface area contributed by atoms with E-state index in [1.165, 1.54) is 5.56 Å². The minimum absolute atomic E-state index is 0.313. The van der Waals surface area contributed by atoms with Crippen LogP contribution in [-0.2, 0) is 6.54 Å². The molecule has 0 N–H and O–H groups in total. The zero-order valence-corrected chi connectivity index (χ0v) is 18.9. The molecule has 4 rings (SSSR count). The second kappa shape index (κ2) is 9.02. The summed E-state index contributed by atoms with van der Waals surface area (Å²) < 4.78 is 22.8. The van der Waals surface area contributed by atoms with Gasteiger partial charge < -0.3 is 18.6 Å². The molecule has 0 unspecified atom stereocenters. The number of methoxy groups -OCH3 is 3. The summed E-state index contributed by atoms with van der Waals surface area (Å²) in [6.45, 7) is 5.70. The minimum atomic E-state index is 0.313. The number of oxazole rings is 1. The van der Waals surface area contributed by atoms with Gasteiger partial charge in [-0.25, -0.2) is 4.98 Å². The number of hydrogen-bond donors (Lipinski definition) is 0. The fourth-order valence-electron chi connectivity index (χ4n) is 4.52. The lowest BCUT2D eigenvalue weighted by atomic mass is 10.0. The molecule has 0 saturated carbocycles. The minimum Gasteiger partial charge on any atom is -0.496 e. The van der Waals surface area contributed by atoms with Crippen LogP contribution in [0.1, 0.15) is 41.5 Å². The van der Waals surface area contributed by atoms with Crippen molar-refractivity contribution in [2.45, 2.75) is 39.3 Å². The van der Waals surface area contributed by atoms with Crippen molar-refractivity contribution in [3.05, 3.63) is 59.0 Å². The van der Waals surface area contributed by atoms with Gasteiger partial charge in [-0.3, -0.25) is 4.90 Å². The summed E-state index contributed by atoms with van der Waals surface area (Å²) in [4.78, 5) is 7.32. The molecule has 0 bridgehead atoms. The summed E-state index contributed by atoms with van der Waals surface area (Å²) in [7, 11) is 5.05. The van der Waals surface area contributed by atoms with Crippen molar-refractivity contribution in [2.24, 2.45) is 0 Å². The maximum absolute atomic E-state index is 6.08. The van der Waals surface area contributed by atoms with Crippen LogP contribution >= 0.6 is 0 Å². The Hall–Kier alpha value is -2.99. The van der Waals surface area contributed by atoms with E-state index in [0.717, 1.165) is 65.8 Å². The summed E-state index contributed by atoms with van der Waals surface area (Å²) in [5.74, 6) is 3.84. The van der Waals surface area contributed by atoms with E-state index in [9.17, 15) is 0 Å². The molecule has 3 aromatic rings. The van der Waals surface area contributed by atoms with Crippen LogP contribution in [0.5, 0.6) is 17.2 Å². The zero-order chi connectivity index (χ0) is 22.0. The molecule has 2 heterocycles. The van der Waals surface area contributed by atoms with Crippen LogP contribution in [0.25, 0.3) is 11.5 Å². The van der Waals surface area contributed by atoms with Crippen LogP contribution in [0.4, 0.5) is 0 Å². The molecular weight excluding hydrogens is 392 g/mol. The van der Waals surface area contributed by atoms with Crippen molar-refractivity contribution in [1.29, 1.82) is 0 Å². The molecule has 0 radical (unpaired) electrons. The highest BCUT2D eigenvalue weighted by Crippen LogP contribution is 2.40. The Labute approximate surface area is 183 Å². The normalized spacial score (nSPS) is 16.5. The van der Waals surface area contributed by atoms with Gasteiger partial charge in [0.1, 0.15) is 23.0 Å². The lowest BCUT2D eigenvalue weighted by Crippen LogP contribution is -2.23. The monoisotopic (exact) mass is 422 g/mol. The number of aryl methyl sites for hydroxylation is 1. The average molecular weight is 423 g/mol. The second-order valence-corrected chi connectivity index (χ2v) is 7.87. The number of hydrogen-bond acceptors (Lipinski definition) is 6. The maximum Gasteiger partial charge on any atom is 0.230 e. The first kappa shape index (κ1) is 21.2. The molecule has 0 amide bonds. The molecule has 31 heavy (non-hydrogen) atoms. The Morgan fingerprint density at radius 1 is 1.00 bits per heavy atom. The Bertz CT molecular complexity index is 1060. The quantitative estimate of drug-likeness (QED) is 0.514. The van der Waals surface area contributed by atoms with Crippen molar-refractivity contribution in [1.82, 2.24) is 9.88 Å². The standard InChI is InChI=1S/C25H30N2O4/c1-16-22(28-3)13-12-19(24(16)30-5)25-26-20(17(2)31-25)15-27-14-8-10-21(27)18-9-6-7-11-23(18)29-4/h6-7,9,11-13,21H,8,10,14-15H2,1-5H3/t21-/m1/s1. The molecule has 1 saturated heterocycles. The van der Waals surface area contributed by atoms with Crippen molar-refractivity contribution in [2.75, 3.05) is 27.9 Å². The van der Waals surface area contributed by atoms with E-state index in [2.05, 4.69) is 17.0 Å². The Balaban J connectivity index is 1.62. The predicted molar refractivity (Wildman–Crippen MR) is 120 cm³/mol. The van der Waals surface area contributed by atoms with E-state index in [-0.39, 0.29) is 0 Å². The maximum atomic E-state index is 6.08. The topological polar surface area (TPSA) is 57.0 Å². The third-order valence-corrected chi connectivity index (χ3v) is 6.12. The fraction of sp³-hybridized carbons (Fsp3) is 0.400. The van der Waals surface area contributed by atoms with Crippen molar-refractivity contribution < 1.29 is 18.6 Å². The summed E-state index contributed by atoms with van der Waals surface area (Å²) in [5.41, 5.74) is 3.94. The van der Waals surface area contributed by atoms with Gasteiger partial charge in [0.2, 0.25) is 5.89 Å². The number of rotatable bonds is 7. The Kier molecular flexibility index (Phi) is 6.18. The molecule has 1 aromatic heterocycles. The van der Waals surface area contributed by atoms with Gasteiger partial charge in [-0.2, -0.15) is 0 Å². The third-order valence-electron chi connectivity index (χ3n) is 6.12. The highest BCUT2D eigenvalue weighted by molar-refractivity contribution is 5.68. The van der Waals surface area contributed by atoms with Gasteiger partial charge in [0, 0.05) is 23.7 Å². The second-order valence-electron chi connectivity index (χ2n) is 7.87. The van der Waals surface area contributed by atoms with Crippen LogP contribution in [0.3, 0.4) is 0 Å². The van der Waals surface area contributed by atoms with Crippen molar-refractivity contribution in [3.63, 3.8) is 0 Å². The molecule has 164 valence electrons. The van der Waals surface area contributed by atoms with Gasteiger partial charge in [0.05, 0.1) is 32.6 Å². The summed E-state index contributed by atoms with van der Waals surface area (Å²) in [6.07, 6.45) is 2.26. The highest BCUT2D eigenvalue weighted by Gasteiger charge is 2.30. The molecular formula is C25H30N2O4. The van der Waals surface area contributed by atoms with Crippen LogP contribution in [0.15, 0.2) is 40.8 Å². The van der Waals surface area contributed by atoms with E-state index < -0.39 is 0 Å². The molecule has 6 heteroatoms. The molecule has 6 nitrogen and oxygen atoms in total. The first-order valence-electron chi connectivity index (χ1n) is 10.6. The highest BCUT2D eigenvalue weighted by atomic mass is 16.5. The number of ether oxygens (including phenoxy) is 3. The van der Waals surface area contributed by atoms with Gasteiger partial charge in [0.15, 0.2) is 0 Å². The lowest BCUT2D eigenvalue weighted by molar-refractivity contribution is 0.239. The van der Waals surface area contributed by atoms with Crippen molar-refractivity contribution in [3.8, 4) is 28.7 Å². The number of likely N-dealkylation sites (tertiary alicyclic amines) is 1. The largest absolute Gasteiger partial charge is 0.496 e. The number of nitrogens with zero attached hydrogens (tertiary/aromatic N) is 2. The van der Waals surface area contributed by atoms with E-state index in [1.807, 2.05) is 38.1 Å². The van der Waals surface area contributed by atoms with E-state index in [0.29, 0.717) is 11.9 Å². The van der Waals surface area contributed by atoms with Gasteiger partial charge in [-0.15, -0.1) is 0 Å². The van der Waals surface area contributed by atoms with Crippen LogP contribution in [-0.4, -0.2) is 37.8 Å². The van der Waals surface area contributed by atoms with Crippen LogP contribution in [0, 0.1) is 13.8 Å². The first-order chi connectivity index (χ1) is 15.1. The van der Waals surface area contributed by atoms with E-state index >= 15 is 0 Å². The smallest absolute Gasteiger partial charge is 0.230 e. The van der Waals surface area contributed by atoms with Gasteiger partial charge in [-0.05, 0) is 51.4 Å². The summed E-state index contributed by atoms with van der Waals surface area (Å²) in [5, 5.41) is 0. The molecule has 1 fully saturated rings. The average Bonchev–Trinajstić information content (AvgIpc) is 3.40. The first-order valence-corrected chi connectivity index (χ1v) is 10.6. The zero-order valence-electron chi connectivity index (χ0n) is 18.9. The summed E-state index contributed by atoms with van der Waals surface area (Å²) >= 11 is 0. The van der Waals surface area contributed by atoms with Crippen molar-refractivity contribution >= 4 is 0 Å². The third kappa shape index (κ3) is 4.00. The molecule has 1 aliphatic heterocycles. The van der Waals surface area contributed by atoms with Gasteiger partial charge >= 0.3 is 0 Å². The van der Waals surface area contributed by atoms with Gasteiger partial charge in [-0.1, -0.05) is 18.2 Å². The molecule has 1 aliphatic rings. The SMILES string of the molecule is COc1ccccc1[C@H]1CCCN1Cc1nc(-c2ccc(OC)c(C)c2OC)oc1C. The lowest BCUT2D eigenvalue weighted by Gasteiger charge is -2.25. The fourth-order valence-corrected chi connectivity index (χ4v) is 4.52. The number of para-hydroxylation sites is 1. The Morgan fingerprint density at radius 2 is 1.77 bits per heavy atom. The number of aromatic nitrogens is 1. The van der Waals surface area contributed by atoms with Crippen LogP contribution < -0.4 is 14.2 Å². The van der Waals surface area contributed by atoms with E-state index in [4.69, 9.17) is 23.6 Å². The molecule has 1 atom stereocenters. The number of benzene rings is 2. The Morgan fingerprint density at radius 3 is 2.52 bits per heavy atom. The molecule has 0 spiro atoms. The molecule has 0 aliphatic carbocycles. The van der Waals surface area contributed by atoms with E-state index in [1.54, 1.807) is 21.3 Å². The van der Waals surface area contributed by atoms with Gasteiger partial charge in [0.25, 0.3) is 0 Å².